The molecule has 1 aliphatic rings. The second-order valence-electron chi connectivity index (χ2n) is 7.95. The van der Waals surface area contributed by atoms with Crippen LogP contribution in [0.3, 0.4) is 0 Å². The Morgan fingerprint density at radius 3 is 2.59 bits per heavy atom. The number of hydrogen-bond acceptors (Lipinski definition) is 3. The van der Waals surface area contributed by atoms with E-state index in [0.717, 1.165) is 11.1 Å². The van der Waals surface area contributed by atoms with E-state index in [4.69, 9.17) is 16.3 Å². The van der Waals surface area contributed by atoms with E-state index in [1.165, 1.54) is 5.56 Å². The zero-order chi connectivity index (χ0) is 20.6. The lowest BCUT2D eigenvalue weighted by Gasteiger charge is -2.38. The van der Waals surface area contributed by atoms with Gasteiger partial charge < -0.3 is 9.64 Å². The number of nitrogens with zero attached hydrogens (tertiary/aromatic N) is 3. The first-order valence-corrected chi connectivity index (χ1v) is 10.0. The fraction of sp³-hybridized carbons (Fsp3) is 0.304. The molecule has 4 rings (SSSR count). The molecule has 29 heavy (non-hydrogen) atoms. The van der Waals surface area contributed by atoms with Gasteiger partial charge in [0.05, 0.1) is 6.20 Å². The Morgan fingerprint density at radius 1 is 1.17 bits per heavy atom. The van der Waals surface area contributed by atoms with E-state index >= 15 is 0 Å². The largest absolute Gasteiger partial charge is 0.478 e. The van der Waals surface area contributed by atoms with Gasteiger partial charge in [-0.05, 0) is 54.8 Å². The third-order valence-corrected chi connectivity index (χ3v) is 5.56. The smallest absolute Gasteiger partial charge is 0.266 e. The number of ether oxygens (including phenoxy) is 1. The number of hydrogen-bond donors (Lipinski definition) is 0. The van der Waals surface area contributed by atoms with Crippen LogP contribution < -0.4 is 4.74 Å². The molecule has 1 unspecified atom stereocenters. The molecule has 150 valence electrons. The fourth-order valence-corrected chi connectivity index (χ4v) is 4.01. The third-order valence-electron chi connectivity index (χ3n) is 5.31. The molecule has 1 aromatic heterocycles. The molecule has 1 atom stereocenters. The Labute approximate surface area is 175 Å². The van der Waals surface area contributed by atoms with Gasteiger partial charge in [0.15, 0.2) is 5.60 Å². The van der Waals surface area contributed by atoms with Crippen LogP contribution in [0.5, 0.6) is 5.75 Å². The van der Waals surface area contributed by atoms with Crippen molar-refractivity contribution in [2.45, 2.75) is 31.9 Å². The van der Waals surface area contributed by atoms with Gasteiger partial charge in [0.1, 0.15) is 5.75 Å². The van der Waals surface area contributed by atoms with Crippen LogP contribution >= 0.6 is 11.6 Å². The summed E-state index contributed by atoms with van der Waals surface area (Å²) < 4.78 is 7.84. The standard InChI is InChI=1S/C23H24ClN3O2/c1-23(2,29-19-10-8-18(24)9-11-19)22(28)27-14-16-6-4-5-7-20(16)21(15-27)17-12-25-26(3)13-17/h4-13,21H,14-15H2,1-3H3. The van der Waals surface area contributed by atoms with Gasteiger partial charge in [-0.25, -0.2) is 0 Å². The first kappa shape index (κ1) is 19.5. The summed E-state index contributed by atoms with van der Waals surface area (Å²) >= 11 is 5.95. The van der Waals surface area contributed by atoms with Crippen molar-refractivity contribution in [1.82, 2.24) is 14.7 Å². The number of carbonyl (C=O) groups is 1. The Bertz CT molecular complexity index is 1030. The Morgan fingerprint density at radius 2 is 1.90 bits per heavy atom. The van der Waals surface area contributed by atoms with E-state index in [2.05, 4.69) is 17.2 Å². The number of benzene rings is 2. The Hall–Kier alpha value is -2.79. The van der Waals surface area contributed by atoms with E-state index in [1.54, 1.807) is 28.9 Å². The minimum absolute atomic E-state index is 0.0455. The molecule has 1 aliphatic heterocycles. The predicted octanol–water partition coefficient (Wildman–Crippen LogP) is 4.41. The molecule has 0 radical (unpaired) electrons. The molecule has 2 aromatic carbocycles. The molecule has 0 fully saturated rings. The molecule has 0 saturated heterocycles. The minimum Gasteiger partial charge on any atom is -0.478 e. The maximum absolute atomic E-state index is 13.4. The topological polar surface area (TPSA) is 47.4 Å². The average molecular weight is 410 g/mol. The SMILES string of the molecule is Cn1cc(C2CN(C(=O)C(C)(C)Oc3ccc(Cl)cc3)Cc3ccccc32)cn1. The molecule has 1 amide bonds. The Kier molecular flexibility index (Phi) is 5.09. The van der Waals surface area contributed by atoms with Gasteiger partial charge in [0.25, 0.3) is 5.91 Å². The maximum Gasteiger partial charge on any atom is 0.266 e. The van der Waals surface area contributed by atoms with Crippen LogP contribution in [0, 0.1) is 0 Å². The van der Waals surface area contributed by atoms with E-state index < -0.39 is 5.60 Å². The number of aromatic nitrogens is 2. The monoisotopic (exact) mass is 409 g/mol. The van der Waals surface area contributed by atoms with Crippen LogP contribution in [0.2, 0.25) is 5.02 Å². The molecular weight excluding hydrogens is 386 g/mol. The summed E-state index contributed by atoms with van der Waals surface area (Å²) in [7, 11) is 1.91. The minimum atomic E-state index is -1.00. The highest BCUT2D eigenvalue weighted by atomic mass is 35.5. The summed E-state index contributed by atoms with van der Waals surface area (Å²) in [6.45, 7) is 4.78. The summed E-state index contributed by atoms with van der Waals surface area (Å²) in [6.07, 6.45) is 3.90. The van der Waals surface area contributed by atoms with Crippen LogP contribution in [-0.4, -0.2) is 32.7 Å². The first-order chi connectivity index (χ1) is 13.8. The highest BCUT2D eigenvalue weighted by Gasteiger charge is 2.38. The van der Waals surface area contributed by atoms with E-state index in [-0.39, 0.29) is 11.8 Å². The number of rotatable bonds is 4. The van der Waals surface area contributed by atoms with Crippen LogP contribution in [0.15, 0.2) is 60.9 Å². The number of amides is 1. The lowest BCUT2D eigenvalue weighted by molar-refractivity contribution is -0.146. The summed E-state index contributed by atoms with van der Waals surface area (Å²) in [5.74, 6) is 0.661. The van der Waals surface area contributed by atoms with Crippen molar-refractivity contribution < 1.29 is 9.53 Å². The predicted molar refractivity (Wildman–Crippen MR) is 113 cm³/mol. The zero-order valence-electron chi connectivity index (χ0n) is 16.8. The maximum atomic E-state index is 13.4. The molecule has 0 N–H and O–H groups in total. The molecule has 3 aromatic rings. The first-order valence-electron chi connectivity index (χ1n) is 9.64. The number of aryl methyl sites for hydroxylation is 1. The number of fused-ring (bicyclic) bond motifs is 1. The van der Waals surface area contributed by atoms with Gasteiger partial charge >= 0.3 is 0 Å². The molecule has 0 aliphatic carbocycles. The molecule has 6 heteroatoms. The summed E-state index contributed by atoms with van der Waals surface area (Å²) in [5, 5.41) is 4.96. The van der Waals surface area contributed by atoms with Gasteiger partial charge in [0.2, 0.25) is 0 Å². The van der Waals surface area contributed by atoms with Crippen molar-refractivity contribution >= 4 is 17.5 Å². The lowest BCUT2D eigenvalue weighted by Crippen LogP contribution is -2.51. The fourth-order valence-electron chi connectivity index (χ4n) is 3.89. The van der Waals surface area contributed by atoms with Gasteiger partial charge in [-0.2, -0.15) is 5.10 Å². The molecule has 5 nitrogen and oxygen atoms in total. The van der Waals surface area contributed by atoms with Crippen LogP contribution in [-0.2, 0) is 18.4 Å². The van der Waals surface area contributed by atoms with Crippen molar-refractivity contribution in [1.29, 1.82) is 0 Å². The molecule has 2 heterocycles. The Balaban J connectivity index is 1.61. The van der Waals surface area contributed by atoms with Gasteiger partial charge in [0, 0.05) is 37.3 Å². The van der Waals surface area contributed by atoms with Crippen LogP contribution in [0.25, 0.3) is 0 Å². The van der Waals surface area contributed by atoms with Crippen molar-refractivity contribution in [2.24, 2.45) is 7.05 Å². The highest BCUT2D eigenvalue weighted by Crippen LogP contribution is 2.34. The second-order valence-corrected chi connectivity index (χ2v) is 8.39. The van der Waals surface area contributed by atoms with E-state index in [1.807, 2.05) is 50.3 Å². The highest BCUT2D eigenvalue weighted by molar-refractivity contribution is 6.30. The van der Waals surface area contributed by atoms with Gasteiger partial charge in [-0.1, -0.05) is 35.9 Å². The van der Waals surface area contributed by atoms with Crippen molar-refractivity contribution in [3.05, 3.63) is 82.6 Å². The summed E-state index contributed by atoms with van der Waals surface area (Å²) in [4.78, 5) is 15.3. The summed E-state index contributed by atoms with van der Waals surface area (Å²) in [6, 6.07) is 15.4. The van der Waals surface area contributed by atoms with Crippen molar-refractivity contribution in [3.63, 3.8) is 0 Å². The normalized spacial score (nSPS) is 16.4. The second kappa shape index (κ2) is 7.56. The third kappa shape index (κ3) is 4.01. The van der Waals surface area contributed by atoms with Gasteiger partial charge in [-0.3, -0.25) is 9.48 Å². The molecule has 0 spiro atoms. The molecular formula is C23H24ClN3O2. The van der Waals surface area contributed by atoms with E-state index in [0.29, 0.717) is 23.9 Å². The quantitative estimate of drug-likeness (QED) is 0.641. The van der Waals surface area contributed by atoms with Crippen molar-refractivity contribution in [3.8, 4) is 5.75 Å². The number of carbonyl (C=O) groups excluding carboxylic acids is 1. The van der Waals surface area contributed by atoms with E-state index in [9.17, 15) is 4.79 Å². The van der Waals surface area contributed by atoms with Crippen molar-refractivity contribution in [2.75, 3.05) is 6.54 Å². The lowest BCUT2D eigenvalue weighted by atomic mass is 9.85. The molecule has 0 bridgehead atoms. The number of halogens is 1. The summed E-state index contributed by atoms with van der Waals surface area (Å²) in [5.41, 5.74) is 2.51. The van der Waals surface area contributed by atoms with Crippen LogP contribution in [0.1, 0.15) is 36.5 Å². The molecule has 0 saturated carbocycles. The average Bonchev–Trinajstić information content (AvgIpc) is 3.14. The van der Waals surface area contributed by atoms with Crippen LogP contribution in [0.4, 0.5) is 0 Å². The zero-order valence-corrected chi connectivity index (χ0v) is 17.6. The van der Waals surface area contributed by atoms with Gasteiger partial charge in [-0.15, -0.1) is 0 Å².